The summed E-state index contributed by atoms with van der Waals surface area (Å²) in [5, 5.41) is 0. The van der Waals surface area contributed by atoms with Gasteiger partial charge in [0.25, 0.3) is 0 Å². The zero-order valence-electron chi connectivity index (χ0n) is 10.3. The van der Waals surface area contributed by atoms with E-state index in [0.29, 0.717) is 6.04 Å². The summed E-state index contributed by atoms with van der Waals surface area (Å²) < 4.78 is 0. The second kappa shape index (κ2) is 4.84. The summed E-state index contributed by atoms with van der Waals surface area (Å²) in [5.41, 5.74) is 6.03. The maximum Gasteiger partial charge on any atom is 0.0121 e. The van der Waals surface area contributed by atoms with E-state index in [1.165, 1.54) is 45.1 Å². The van der Waals surface area contributed by atoms with Crippen LogP contribution in [0.4, 0.5) is 0 Å². The Morgan fingerprint density at radius 2 is 1.93 bits per heavy atom. The summed E-state index contributed by atoms with van der Waals surface area (Å²) in [6, 6.07) is 2.10. The highest BCUT2D eigenvalue weighted by Gasteiger charge is 2.34. The van der Waals surface area contributed by atoms with Crippen molar-refractivity contribution < 1.29 is 0 Å². The number of likely N-dealkylation sites (tertiary alicyclic amines) is 1. The van der Waals surface area contributed by atoms with Gasteiger partial charge < -0.3 is 5.73 Å². The molecule has 1 saturated carbocycles. The standard InChI is InChI=1S/C13H26N2/c1-10(2)13-5-3-4-8-15(13)12-7-6-11(14)9-12/h10-13H,3-9,14H2,1-2H3. The molecular formula is C13H26N2. The van der Waals surface area contributed by atoms with Gasteiger partial charge in [0.05, 0.1) is 0 Å². The van der Waals surface area contributed by atoms with Crippen molar-refractivity contribution in [2.45, 2.75) is 70.5 Å². The van der Waals surface area contributed by atoms with Crippen LogP contribution in [-0.2, 0) is 0 Å². The molecule has 1 saturated heterocycles. The van der Waals surface area contributed by atoms with E-state index in [0.717, 1.165) is 18.0 Å². The minimum absolute atomic E-state index is 0.477. The average Bonchev–Trinajstić information content (AvgIpc) is 2.65. The van der Waals surface area contributed by atoms with Crippen LogP contribution >= 0.6 is 0 Å². The van der Waals surface area contributed by atoms with Crippen molar-refractivity contribution in [3.63, 3.8) is 0 Å². The van der Waals surface area contributed by atoms with Crippen molar-refractivity contribution in [3.05, 3.63) is 0 Å². The van der Waals surface area contributed by atoms with Crippen molar-refractivity contribution in [2.24, 2.45) is 11.7 Å². The van der Waals surface area contributed by atoms with E-state index in [1.54, 1.807) is 0 Å². The Bertz CT molecular complexity index is 203. The highest BCUT2D eigenvalue weighted by Crippen LogP contribution is 2.31. The maximum absolute atomic E-state index is 6.03. The predicted molar refractivity (Wildman–Crippen MR) is 64.8 cm³/mol. The third-order valence-corrected chi connectivity index (χ3v) is 4.28. The van der Waals surface area contributed by atoms with Gasteiger partial charge in [-0.2, -0.15) is 0 Å². The first-order chi connectivity index (χ1) is 7.18. The monoisotopic (exact) mass is 210 g/mol. The summed E-state index contributed by atoms with van der Waals surface area (Å²) in [4.78, 5) is 2.78. The minimum Gasteiger partial charge on any atom is -0.328 e. The van der Waals surface area contributed by atoms with Crippen molar-refractivity contribution in [2.75, 3.05) is 6.54 Å². The minimum atomic E-state index is 0.477. The molecule has 0 spiro atoms. The molecule has 0 bridgehead atoms. The molecule has 2 rings (SSSR count). The van der Waals surface area contributed by atoms with Gasteiger partial charge in [0.1, 0.15) is 0 Å². The van der Waals surface area contributed by atoms with Gasteiger partial charge in [0.2, 0.25) is 0 Å². The Balaban J connectivity index is 1.98. The maximum atomic E-state index is 6.03. The van der Waals surface area contributed by atoms with Crippen LogP contribution in [0.25, 0.3) is 0 Å². The molecular weight excluding hydrogens is 184 g/mol. The van der Waals surface area contributed by atoms with Crippen LogP contribution in [0, 0.1) is 5.92 Å². The van der Waals surface area contributed by atoms with E-state index in [-0.39, 0.29) is 0 Å². The highest BCUT2D eigenvalue weighted by molar-refractivity contribution is 4.90. The molecule has 1 heterocycles. The zero-order chi connectivity index (χ0) is 10.8. The Labute approximate surface area is 94.2 Å². The number of hydrogen-bond donors (Lipinski definition) is 1. The fourth-order valence-electron chi connectivity index (χ4n) is 3.44. The van der Waals surface area contributed by atoms with E-state index in [4.69, 9.17) is 5.73 Å². The number of hydrogen-bond acceptors (Lipinski definition) is 2. The zero-order valence-corrected chi connectivity index (χ0v) is 10.3. The predicted octanol–water partition coefficient (Wildman–Crippen LogP) is 2.38. The van der Waals surface area contributed by atoms with Crippen LogP contribution in [0.1, 0.15) is 52.4 Å². The van der Waals surface area contributed by atoms with E-state index < -0.39 is 0 Å². The number of piperidine rings is 1. The van der Waals surface area contributed by atoms with Crippen molar-refractivity contribution in [1.82, 2.24) is 4.90 Å². The molecule has 2 aliphatic rings. The lowest BCUT2D eigenvalue weighted by molar-refractivity contribution is 0.0678. The van der Waals surface area contributed by atoms with Crippen LogP contribution < -0.4 is 5.73 Å². The second-order valence-corrected chi connectivity index (χ2v) is 5.77. The third-order valence-electron chi connectivity index (χ3n) is 4.28. The van der Waals surface area contributed by atoms with Crippen LogP contribution in [0.3, 0.4) is 0 Å². The molecule has 2 fully saturated rings. The molecule has 1 aliphatic carbocycles. The second-order valence-electron chi connectivity index (χ2n) is 5.77. The molecule has 0 aromatic carbocycles. The molecule has 0 aromatic rings. The average molecular weight is 210 g/mol. The van der Waals surface area contributed by atoms with Gasteiger partial charge in [-0.3, -0.25) is 4.90 Å². The molecule has 2 nitrogen and oxygen atoms in total. The fraction of sp³-hybridized carbons (Fsp3) is 1.00. The van der Waals surface area contributed by atoms with Crippen molar-refractivity contribution >= 4 is 0 Å². The van der Waals surface area contributed by atoms with Crippen LogP contribution in [0.15, 0.2) is 0 Å². The third kappa shape index (κ3) is 2.54. The fourth-order valence-corrected chi connectivity index (χ4v) is 3.44. The lowest BCUT2D eigenvalue weighted by atomic mass is 9.91. The first-order valence-electron chi connectivity index (χ1n) is 6.70. The molecule has 2 N–H and O–H groups in total. The normalized spacial score (nSPS) is 38.8. The lowest BCUT2D eigenvalue weighted by Crippen LogP contribution is -2.48. The van der Waals surface area contributed by atoms with Gasteiger partial charge in [-0.05, 0) is 44.6 Å². The van der Waals surface area contributed by atoms with Crippen LogP contribution in [-0.4, -0.2) is 29.6 Å². The molecule has 3 atom stereocenters. The Kier molecular flexibility index (Phi) is 3.68. The number of rotatable bonds is 2. The molecule has 0 radical (unpaired) electrons. The number of nitrogens with zero attached hydrogens (tertiary/aromatic N) is 1. The SMILES string of the molecule is CC(C)C1CCCCN1C1CCC(N)C1. The van der Waals surface area contributed by atoms with Gasteiger partial charge >= 0.3 is 0 Å². The van der Waals surface area contributed by atoms with Crippen LogP contribution in [0.2, 0.25) is 0 Å². The topological polar surface area (TPSA) is 29.3 Å². The summed E-state index contributed by atoms with van der Waals surface area (Å²) in [7, 11) is 0. The van der Waals surface area contributed by atoms with Crippen LogP contribution in [0.5, 0.6) is 0 Å². The first kappa shape index (κ1) is 11.4. The Hall–Kier alpha value is -0.0800. The van der Waals surface area contributed by atoms with E-state index in [2.05, 4.69) is 18.7 Å². The van der Waals surface area contributed by atoms with Crippen molar-refractivity contribution in [1.29, 1.82) is 0 Å². The summed E-state index contributed by atoms with van der Waals surface area (Å²) in [6.07, 6.45) is 8.05. The smallest absolute Gasteiger partial charge is 0.0121 e. The van der Waals surface area contributed by atoms with Gasteiger partial charge in [-0.1, -0.05) is 20.3 Å². The van der Waals surface area contributed by atoms with Gasteiger partial charge in [-0.25, -0.2) is 0 Å². The van der Waals surface area contributed by atoms with E-state index in [9.17, 15) is 0 Å². The molecule has 88 valence electrons. The van der Waals surface area contributed by atoms with Crippen molar-refractivity contribution in [3.8, 4) is 0 Å². The Morgan fingerprint density at radius 1 is 1.13 bits per heavy atom. The van der Waals surface area contributed by atoms with Gasteiger partial charge in [-0.15, -0.1) is 0 Å². The molecule has 0 amide bonds. The lowest BCUT2D eigenvalue weighted by Gasteiger charge is -2.42. The Morgan fingerprint density at radius 3 is 2.53 bits per heavy atom. The van der Waals surface area contributed by atoms with Gasteiger partial charge in [0.15, 0.2) is 0 Å². The summed E-state index contributed by atoms with van der Waals surface area (Å²) in [6.45, 7) is 6.07. The number of nitrogens with two attached hydrogens (primary N) is 1. The molecule has 15 heavy (non-hydrogen) atoms. The summed E-state index contributed by atoms with van der Waals surface area (Å²) in [5.74, 6) is 0.808. The highest BCUT2D eigenvalue weighted by atomic mass is 15.2. The molecule has 3 unspecified atom stereocenters. The van der Waals surface area contributed by atoms with E-state index in [1.807, 2.05) is 0 Å². The molecule has 1 aliphatic heterocycles. The quantitative estimate of drug-likeness (QED) is 0.758. The van der Waals surface area contributed by atoms with E-state index >= 15 is 0 Å². The van der Waals surface area contributed by atoms with Gasteiger partial charge in [0, 0.05) is 18.1 Å². The molecule has 2 heteroatoms. The first-order valence-corrected chi connectivity index (χ1v) is 6.70. The molecule has 0 aromatic heterocycles. The summed E-state index contributed by atoms with van der Waals surface area (Å²) >= 11 is 0. The largest absolute Gasteiger partial charge is 0.328 e.